The average molecular weight is 443 g/mol. The summed E-state index contributed by atoms with van der Waals surface area (Å²) < 4.78 is 0. The zero-order valence-electron chi connectivity index (χ0n) is 20.6. The van der Waals surface area contributed by atoms with Gasteiger partial charge in [0.25, 0.3) is 0 Å². The molecule has 2 heterocycles. The highest BCUT2D eigenvalue weighted by Gasteiger charge is 2.39. The molecule has 0 unspecified atom stereocenters. The molecule has 2 aliphatic heterocycles. The maximum absolute atomic E-state index is 5.04. The van der Waals surface area contributed by atoms with Gasteiger partial charge in [-0.1, -0.05) is 94.4 Å². The third kappa shape index (κ3) is 2.84. The Morgan fingerprint density at radius 1 is 0.706 bits per heavy atom. The van der Waals surface area contributed by atoms with Crippen LogP contribution in [0.5, 0.6) is 0 Å². The van der Waals surface area contributed by atoms with E-state index in [0.29, 0.717) is 0 Å². The number of nitrogens with zero attached hydrogens (tertiary/aromatic N) is 2. The number of allylic oxidation sites excluding steroid dienone is 4. The standard InChI is InChI=1S/C32H30N2/c1-31(2)27(33-25-19-17-21-11-6-8-13-23(21)29(25)31)15-10-16-28-32(3,4)30-24-14-9-7-12-22(24)18-20-26(30)34(28)5/h6-20H,1-5H3. The van der Waals surface area contributed by atoms with Crippen molar-refractivity contribution in [2.75, 3.05) is 11.9 Å². The van der Waals surface area contributed by atoms with Gasteiger partial charge in [0.1, 0.15) is 0 Å². The van der Waals surface area contributed by atoms with E-state index < -0.39 is 0 Å². The van der Waals surface area contributed by atoms with Crippen LogP contribution in [0.3, 0.4) is 0 Å². The Morgan fingerprint density at radius 2 is 1.32 bits per heavy atom. The fourth-order valence-electron chi connectivity index (χ4n) is 6.08. The molecule has 2 heteroatoms. The summed E-state index contributed by atoms with van der Waals surface area (Å²) in [6.45, 7) is 9.24. The highest BCUT2D eigenvalue weighted by molar-refractivity contribution is 6.12. The largest absolute Gasteiger partial charge is 0.347 e. The molecule has 168 valence electrons. The number of hydrogen-bond donors (Lipinski definition) is 0. The fourth-order valence-corrected chi connectivity index (χ4v) is 6.08. The molecule has 0 amide bonds. The first-order chi connectivity index (χ1) is 16.3. The summed E-state index contributed by atoms with van der Waals surface area (Å²) in [5, 5.41) is 5.21. The lowest BCUT2D eigenvalue weighted by Gasteiger charge is -2.24. The molecule has 2 nitrogen and oxygen atoms in total. The van der Waals surface area contributed by atoms with Crippen LogP contribution in [0.4, 0.5) is 11.4 Å². The monoisotopic (exact) mass is 442 g/mol. The minimum absolute atomic E-state index is 0.0819. The summed E-state index contributed by atoms with van der Waals surface area (Å²) in [4.78, 5) is 7.38. The molecule has 0 aromatic heterocycles. The Kier molecular flexibility index (Phi) is 4.41. The lowest BCUT2D eigenvalue weighted by Crippen LogP contribution is -2.24. The number of fused-ring (bicyclic) bond motifs is 6. The lowest BCUT2D eigenvalue weighted by molar-refractivity contribution is 0.645. The number of anilines is 1. The van der Waals surface area contributed by atoms with Gasteiger partial charge >= 0.3 is 0 Å². The Labute approximate surface area is 201 Å². The molecule has 0 atom stereocenters. The Hall–Kier alpha value is -3.65. The molecule has 0 radical (unpaired) electrons. The van der Waals surface area contributed by atoms with Crippen LogP contribution in [-0.4, -0.2) is 12.8 Å². The molecule has 2 aliphatic rings. The number of rotatable bonds is 2. The van der Waals surface area contributed by atoms with E-state index >= 15 is 0 Å². The van der Waals surface area contributed by atoms with Crippen LogP contribution in [0.2, 0.25) is 0 Å². The summed E-state index contributed by atoms with van der Waals surface area (Å²) in [7, 11) is 2.18. The van der Waals surface area contributed by atoms with Crippen LogP contribution < -0.4 is 4.90 Å². The van der Waals surface area contributed by atoms with E-state index in [0.717, 1.165) is 11.4 Å². The molecule has 6 rings (SSSR count). The van der Waals surface area contributed by atoms with Crippen LogP contribution in [-0.2, 0) is 10.8 Å². The summed E-state index contributed by atoms with van der Waals surface area (Å²) in [5.41, 5.74) is 7.31. The maximum Gasteiger partial charge on any atom is 0.0681 e. The van der Waals surface area contributed by atoms with Crippen LogP contribution in [0, 0.1) is 0 Å². The van der Waals surface area contributed by atoms with E-state index in [1.54, 1.807) is 0 Å². The van der Waals surface area contributed by atoms with Crippen molar-refractivity contribution in [3.8, 4) is 0 Å². The van der Waals surface area contributed by atoms with Crippen molar-refractivity contribution in [1.82, 2.24) is 0 Å². The second-order valence-corrected chi connectivity index (χ2v) is 10.6. The number of benzene rings is 4. The summed E-state index contributed by atoms with van der Waals surface area (Å²) in [6, 6.07) is 26.2. The van der Waals surface area contributed by atoms with Crippen molar-refractivity contribution in [3.05, 3.63) is 108 Å². The molecular weight excluding hydrogens is 412 g/mol. The van der Waals surface area contributed by atoms with Gasteiger partial charge in [0.2, 0.25) is 0 Å². The van der Waals surface area contributed by atoms with Crippen molar-refractivity contribution < 1.29 is 0 Å². The molecule has 0 bridgehead atoms. The van der Waals surface area contributed by atoms with Crippen molar-refractivity contribution in [2.24, 2.45) is 4.99 Å². The Bertz CT molecular complexity index is 1560. The molecule has 0 saturated carbocycles. The lowest BCUT2D eigenvalue weighted by atomic mass is 9.79. The third-order valence-corrected chi connectivity index (χ3v) is 7.82. The minimum Gasteiger partial charge on any atom is -0.347 e. The van der Waals surface area contributed by atoms with Crippen molar-refractivity contribution in [3.63, 3.8) is 0 Å². The van der Waals surface area contributed by atoms with E-state index in [1.165, 1.54) is 44.1 Å². The number of aliphatic imine (C=N–C) groups is 1. The van der Waals surface area contributed by atoms with Crippen LogP contribution in [0.15, 0.2) is 102 Å². The van der Waals surface area contributed by atoms with Gasteiger partial charge in [-0.05, 0) is 57.0 Å². The minimum atomic E-state index is -0.137. The van der Waals surface area contributed by atoms with Gasteiger partial charge in [-0.15, -0.1) is 0 Å². The van der Waals surface area contributed by atoms with E-state index in [4.69, 9.17) is 4.99 Å². The zero-order chi connectivity index (χ0) is 23.7. The topological polar surface area (TPSA) is 15.6 Å². The van der Waals surface area contributed by atoms with E-state index in [1.807, 2.05) is 0 Å². The quantitative estimate of drug-likeness (QED) is 0.305. The normalized spacial score (nSPS) is 19.3. The maximum atomic E-state index is 5.04. The molecular formula is C32H30N2. The first kappa shape index (κ1) is 20.9. The summed E-state index contributed by atoms with van der Waals surface area (Å²) in [5.74, 6) is 0. The second-order valence-electron chi connectivity index (χ2n) is 10.6. The van der Waals surface area contributed by atoms with Crippen molar-refractivity contribution in [2.45, 2.75) is 38.5 Å². The summed E-state index contributed by atoms with van der Waals surface area (Å²) in [6.07, 6.45) is 6.66. The van der Waals surface area contributed by atoms with E-state index in [9.17, 15) is 0 Å². The molecule has 4 aromatic carbocycles. The van der Waals surface area contributed by atoms with Gasteiger partial charge in [0, 0.05) is 29.3 Å². The summed E-state index contributed by atoms with van der Waals surface area (Å²) >= 11 is 0. The van der Waals surface area contributed by atoms with Gasteiger partial charge in [0.15, 0.2) is 0 Å². The molecule has 4 aromatic rings. The predicted molar refractivity (Wildman–Crippen MR) is 147 cm³/mol. The molecule has 0 aliphatic carbocycles. The highest BCUT2D eigenvalue weighted by Crippen LogP contribution is 2.50. The van der Waals surface area contributed by atoms with E-state index in [-0.39, 0.29) is 10.8 Å². The first-order valence-electron chi connectivity index (χ1n) is 12.1. The number of hydrogen-bond acceptors (Lipinski definition) is 2. The van der Waals surface area contributed by atoms with Crippen LogP contribution >= 0.6 is 0 Å². The molecule has 0 fully saturated rings. The van der Waals surface area contributed by atoms with Gasteiger partial charge < -0.3 is 4.90 Å². The van der Waals surface area contributed by atoms with Crippen molar-refractivity contribution >= 4 is 38.6 Å². The van der Waals surface area contributed by atoms with Gasteiger partial charge in [-0.2, -0.15) is 0 Å². The van der Waals surface area contributed by atoms with Crippen LogP contribution in [0.25, 0.3) is 21.5 Å². The fraction of sp³-hybridized carbons (Fsp3) is 0.219. The van der Waals surface area contributed by atoms with Gasteiger partial charge in [-0.3, -0.25) is 4.99 Å². The molecule has 0 spiro atoms. The van der Waals surface area contributed by atoms with Crippen LogP contribution in [0.1, 0.15) is 38.8 Å². The Morgan fingerprint density at radius 3 is 2.03 bits per heavy atom. The second kappa shape index (κ2) is 7.17. The van der Waals surface area contributed by atoms with Gasteiger partial charge in [0.05, 0.1) is 11.4 Å². The first-order valence-corrected chi connectivity index (χ1v) is 12.1. The smallest absolute Gasteiger partial charge is 0.0681 e. The highest BCUT2D eigenvalue weighted by atomic mass is 15.2. The molecule has 34 heavy (non-hydrogen) atoms. The third-order valence-electron chi connectivity index (χ3n) is 7.82. The zero-order valence-corrected chi connectivity index (χ0v) is 20.6. The molecule has 0 saturated heterocycles. The number of likely N-dealkylation sites (N-methyl/N-ethyl adjacent to an activating group) is 1. The predicted octanol–water partition coefficient (Wildman–Crippen LogP) is 8.22. The average Bonchev–Trinajstić information content (AvgIpc) is 3.20. The Balaban J connectivity index is 1.38. The molecule has 0 N–H and O–H groups in total. The SMILES string of the molecule is CN1C(=CC=CC2=Nc3ccc4ccccc4c3C2(C)C)C(C)(C)c2c1ccc1ccccc21. The van der Waals surface area contributed by atoms with E-state index in [2.05, 4.69) is 131 Å². The van der Waals surface area contributed by atoms with Gasteiger partial charge in [-0.25, -0.2) is 0 Å². The van der Waals surface area contributed by atoms with Crippen molar-refractivity contribution in [1.29, 1.82) is 0 Å².